The molecule has 20 heavy (non-hydrogen) atoms. The Morgan fingerprint density at radius 1 is 1.10 bits per heavy atom. The standard InChI is InChI=1S/C15H22NO3P/c1-12(2)18-20(17,19-13(3)4)15(10-11-16)14-8-6-5-7-9-14/h5-9,12-13,15H,10H2,1-4H3. The molecule has 0 fully saturated rings. The number of hydrogen-bond acceptors (Lipinski definition) is 4. The lowest BCUT2D eigenvalue weighted by molar-refractivity contribution is 0.136. The zero-order valence-corrected chi connectivity index (χ0v) is 13.3. The van der Waals surface area contributed by atoms with Gasteiger partial charge in [-0.25, -0.2) is 0 Å². The second-order valence-electron chi connectivity index (χ2n) is 5.14. The Hall–Kier alpha value is -1.14. The zero-order chi connectivity index (χ0) is 15.2. The molecule has 5 heteroatoms. The SMILES string of the molecule is CC(C)OP(=O)(OC(C)C)C(CC#N)c1ccccc1. The molecule has 1 aromatic rings. The average Bonchev–Trinajstić information content (AvgIpc) is 2.34. The summed E-state index contributed by atoms with van der Waals surface area (Å²) < 4.78 is 24.3. The van der Waals surface area contributed by atoms with E-state index in [0.29, 0.717) is 0 Å². The van der Waals surface area contributed by atoms with Crippen LogP contribution in [0.4, 0.5) is 0 Å². The topological polar surface area (TPSA) is 59.3 Å². The molecular formula is C15H22NO3P. The summed E-state index contributed by atoms with van der Waals surface area (Å²) in [5, 5.41) is 9.05. The predicted octanol–water partition coefficient (Wildman–Crippen LogP) is 4.68. The van der Waals surface area contributed by atoms with Gasteiger partial charge in [0.15, 0.2) is 0 Å². The van der Waals surface area contributed by atoms with E-state index in [-0.39, 0.29) is 18.6 Å². The fourth-order valence-electron chi connectivity index (χ4n) is 1.93. The fourth-order valence-corrected chi connectivity index (χ4v) is 4.29. The Balaban J connectivity index is 3.18. The number of hydrogen-bond donors (Lipinski definition) is 0. The Morgan fingerprint density at radius 3 is 2.00 bits per heavy atom. The van der Waals surface area contributed by atoms with Crippen molar-refractivity contribution < 1.29 is 13.6 Å². The number of nitriles is 1. The third-order valence-corrected chi connectivity index (χ3v) is 5.24. The first-order valence-corrected chi connectivity index (χ1v) is 8.38. The first-order chi connectivity index (χ1) is 9.39. The molecule has 1 aromatic carbocycles. The molecule has 4 nitrogen and oxygen atoms in total. The molecule has 0 radical (unpaired) electrons. The number of benzene rings is 1. The molecule has 0 spiro atoms. The Kier molecular flexibility index (Phi) is 6.42. The van der Waals surface area contributed by atoms with Gasteiger partial charge in [-0.15, -0.1) is 0 Å². The molecule has 1 unspecified atom stereocenters. The molecule has 0 aliphatic rings. The van der Waals surface area contributed by atoms with Crippen molar-refractivity contribution in [2.75, 3.05) is 0 Å². The predicted molar refractivity (Wildman–Crippen MR) is 79.5 cm³/mol. The van der Waals surface area contributed by atoms with Crippen LogP contribution < -0.4 is 0 Å². The molecule has 0 saturated carbocycles. The van der Waals surface area contributed by atoms with E-state index in [1.54, 1.807) is 0 Å². The van der Waals surface area contributed by atoms with Gasteiger partial charge in [-0.1, -0.05) is 30.3 Å². The summed E-state index contributed by atoms with van der Waals surface area (Å²) in [6, 6.07) is 11.4. The third kappa shape index (κ3) is 4.76. The van der Waals surface area contributed by atoms with Crippen molar-refractivity contribution in [1.29, 1.82) is 5.26 Å². The van der Waals surface area contributed by atoms with Gasteiger partial charge in [-0.2, -0.15) is 5.26 Å². The molecule has 0 aliphatic heterocycles. The minimum absolute atomic E-state index is 0.0979. The highest BCUT2D eigenvalue weighted by molar-refractivity contribution is 7.54. The largest absolute Gasteiger partial charge is 0.339 e. The minimum Gasteiger partial charge on any atom is -0.305 e. The zero-order valence-electron chi connectivity index (χ0n) is 12.4. The molecule has 110 valence electrons. The normalized spacial score (nSPS) is 13.4. The summed E-state index contributed by atoms with van der Waals surface area (Å²) in [7, 11) is -3.40. The average molecular weight is 295 g/mol. The van der Waals surface area contributed by atoms with Crippen molar-refractivity contribution >= 4 is 7.60 Å². The molecule has 0 amide bonds. The molecule has 0 heterocycles. The first kappa shape index (κ1) is 16.9. The van der Waals surface area contributed by atoms with Gasteiger partial charge in [0, 0.05) is 0 Å². The van der Waals surface area contributed by atoms with E-state index in [1.807, 2.05) is 58.0 Å². The smallest absolute Gasteiger partial charge is 0.305 e. The van der Waals surface area contributed by atoms with Gasteiger partial charge in [0.05, 0.1) is 30.4 Å². The molecule has 0 aromatic heterocycles. The van der Waals surface area contributed by atoms with Gasteiger partial charge in [0.25, 0.3) is 0 Å². The van der Waals surface area contributed by atoms with Crippen LogP contribution in [-0.4, -0.2) is 12.2 Å². The van der Waals surface area contributed by atoms with E-state index >= 15 is 0 Å². The Bertz CT molecular complexity index is 480. The fraction of sp³-hybridized carbons (Fsp3) is 0.533. The molecule has 0 aliphatic carbocycles. The second-order valence-corrected chi connectivity index (χ2v) is 7.26. The quantitative estimate of drug-likeness (QED) is 0.685. The molecule has 1 atom stereocenters. The molecular weight excluding hydrogens is 273 g/mol. The highest BCUT2D eigenvalue weighted by Gasteiger charge is 2.38. The minimum atomic E-state index is -3.40. The van der Waals surface area contributed by atoms with Crippen LogP contribution in [0, 0.1) is 11.3 Å². The van der Waals surface area contributed by atoms with E-state index < -0.39 is 13.3 Å². The summed E-state index contributed by atoms with van der Waals surface area (Å²) in [4.78, 5) is 0. The van der Waals surface area contributed by atoms with Gasteiger partial charge in [-0.05, 0) is 33.3 Å². The van der Waals surface area contributed by atoms with Crippen molar-refractivity contribution in [2.24, 2.45) is 0 Å². The van der Waals surface area contributed by atoms with Gasteiger partial charge in [0.1, 0.15) is 0 Å². The highest BCUT2D eigenvalue weighted by Crippen LogP contribution is 2.63. The lowest BCUT2D eigenvalue weighted by atomic mass is 10.1. The molecule has 0 N–H and O–H groups in total. The van der Waals surface area contributed by atoms with Gasteiger partial charge in [-0.3, -0.25) is 4.57 Å². The number of rotatable bonds is 7. The van der Waals surface area contributed by atoms with Gasteiger partial charge >= 0.3 is 7.60 Å². The maximum atomic E-state index is 13.1. The molecule has 0 bridgehead atoms. The molecule has 1 rings (SSSR count). The van der Waals surface area contributed by atoms with E-state index in [9.17, 15) is 4.57 Å². The Labute approximate surface area is 121 Å². The summed E-state index contributed by atoms with van der Waals surface area (Å²) >= 11 is 0. The van der Waals surface area contributed by atoms with Crippen molar-refractivity contribution in [2.45, 2.75) is 52.0 Å². The lowest BCUT2D eigenvalue weighted by Crippen LogP contribution is -2.13. The summed E-state index contributed by atoms with van der Waals surface area (Å²) in [6.07, 6.45) is -0.366. The summed E-state index contributed by atoms with van der Waals surface area (Å²) in [5.41, 5.74) is 0.247. The van der Waals surface area contributed by atoms with Crippen molar-refractivity contribution in [1.82, 2.24) is 0 Å². The van der Waals surface area contributed by atoms with Crippen molar-refractivity contribution in [3.05, 3.63) is 35.9 Å². The van der Waals surface area contributed by atoms with Gasteiger partial charge in [0.2, 0.25) is 0 Å². The van der Waals surface area contributed by atoms with Crippen LogP contribution in [0.3, 0.4) is 0 Å². The Morgan fingerprint density at radius 2 is 1.60 bits per heavy atom. The van der Waals surface area contributed by atoms with Crippen LogP contribution in [0.5, 0.6) is 0 Å². The number of nitrogens with zero attached hydrogens (tertiary/aromatic N) is 1. The van der Waals surface area contributed by atoms with Crippen molar-refractivity contribution in [3.63, 3.8) is 0 Å². The molecule has 0 saturated heterocycles. The highest BCUT2D eigenvalue weighted by atomic mass is 31.2. The van der Waals surface area contributed by atoms with Crippen molar-refractivity contribution in [3.8, 4) is 6.07 Å². The third-order valence-electron chi connectivity index (χ3n) is 2.57. The maximum Gasteiger partial charge on any atom is 0.339 e. The van der Waals surface area contributed by atoms with Crippen LogP contribution in [0.25, 0.3) is 0 Å². The van der Waals surface area contributed by atoms with Crippen LogP contribution in [0.15, 0.2) is 30.3 Å². The van der Waals surface area contributed by atoms with Crippen LogP contribution in [-0.2, 0) is 13.6 Å². The van der Waals surface area contributed by atoms with Crippen LogP contribution in [0.1, 0.15) is 45.3 Å². The second kappa shape index (κ2) is 7.59. The lowest BCUT2D eigenvalue weighted by Gasteiger charge is -2.28. The van der Waals surface area contributed by atoms with E-state index in [4.69, 9.17) is 14.3 Å². The first-order valence-electron chi connectivity index (χ1n) is 6.77. The van der Waals surface area contributed by atoms with E-state index in [0.717, 1.165) is 5.56 Å². The maximum absolute atomic E-state index is 13.1. The summed E-state index contributed by atoms with van der Waals surface area (Å²) in [6.45, 7) is 7.24. The van der Waals surface area contributed by atoms with Crippen LogP contribution in [0.2, 0.25) is 0 Å². The monoisotopic (exact) mass is 295 g/mol. The van der Waals surface area contributed by atoms with E-state index in [2.05, 4.69) is 6.07 Å². The van der Waals surface area contributed by atoms with Gasteiger partial charge < -0.3 is 9.05 Å². The van der Waals surface area contributed by atoms with E-state index in [1.165, 1.54) is 0 Å². The van der Waals surface area contributed by atoms with Crippen LogP contribution >= 0.6 is 7.60 Å². The summed E-state index contributed by atoms with van der Waals surface area (Å²) in [5.74, 6) is 0.